The van der Waals surface area contributed by atoms with E-state index in [-0.39, 0.29) is 113 Å². The van der Waals surface area contributed by atoms with Crippen molar-refractivity contribution in [1.82, 2.24) is 93.5 Å². The van der Waals surface area contributed by atoms with Gasteiger partial charge in [-0.1, -0.05) is 19.7 Å². The zero-order valence-electron chi connectivity index (χ0n) is 72.5. The lowest BCUT2D eigenvalue weighted by molar-refractivity contribution is -0.137. The van der Waals surface area contributed by atoms with E-state index in [4.69, 9.17) is 5.73 Å². The highest BCUT2D eigenvalue weighted by molar-refractivity contribution is 5.93. The van der Waals surface area contributed by atoms with Gasteiger partial charge in [0.1, 0.15) is 34.0 Å². The summed E-state index contributed by atoms with van der Waals surface area (Å²) in [5.74, 6) is -0.527. The van der Waals surface area contributed by atoms with E-state index < -0.39 is 53.3 Å². The van der Waals surface area contributed by atoms with Crippen molar-refractivity contribution in [3.8, 4) is 34.2 Å². The summed E-state index contributed by atoms with van der Waals surface area (Å²) in [5, 5.41) is 20.3. The maximum atomic E-state index is 14.2. The van der Waals surface area contributed by atoms with Crippen molar-refractivity contribution in [3.63, 3.8) is 0 Å². The normalized spacial score (nSPS) is 16.3. The average Bonchev–Trinajstić information content (AvgIpc) is 1.71. The maximum absolute atomic E-state index is 14.2. The SMILES string of the molecule is C=CC(=O)CCC(=O)N1CCN(Cc2cc3c(N4CCCCC4)nc(-c4cnc(N)cc4C(F)(F)F)nn3c2)CC1.C=CC(=O)CCC(=O)N1CCN(Cc2cc3c(N4CCCCC4)nc(-c4cnc(NC(=O)OC)cc4C(F)(F)F)nn3c2)CC1.C=CC(=O)NCC(=O)N1CCN(Cc2cc3c(N4CCCCC4)nc(-c4cnc(NC(=O)OC)cc4C(F)(F)F)nn3c2)CC1. The summed E-state index contributed by atoms with van der Waals surface area (Å²) in [6, 6.07) is 8.17. The standard InChI is InChI=1S/C30H35F3N8O4.C29H34F3N9O4.C28H33F3N8O2/c1-3-21(42)7-8-26(43)39-13-11-38(12-14-39)18-20-15-24-28(40-9-5-4-6-10-40)36-27(37-41(24)19-20)22-17-34-25(35-29(44)45-2)16-23(22)30(31,32)33;1-3-24(42)34-16-25(43)39-11-9-38(10-12-39)17-19-13-22-27(40-7-5-4-6-8-40)36-26(37-41(22)18-19)20-15-33-23(35-28(44)45-2)14-21(20)29(30,31)32;1-2-20(40)6-7-25(41)37-12-10-36(11-13-37)17-19-14-23-27(38-8-4-3-5-9-38)34-26(35-39(23)18-19)21-16-33-24(32)15-22(21)28(29,30)31/h3,15-17,19H,1,4-14,18H2,2H3,(H,34,35,44);3,13-15,18H,1,4-12,16-17H2,2H3,(H,34,42)(H,33,35,44);2,14-16,18H,1,3-13,17H2,(H2,32,33). The van der Waals surface area contributed by atoms with Crippen LogP contribution in [0.4, 0.5) is 84.0 Å². The lowest BCUT2D eigenvalue weighted by Gasteiger charge is -2.34. The second kappa shape index (κ2) is 42.5. The lowest BCUT2D eigenvalue weighted by atomic mass is 10.1. The van der Waals surface area contributed by atoms with Crippen LogP contribution in [0, 0.1) is 0 Å². The average molecular weight is 1830 g/mol. The molecule has 9 aromatic rings. The Morgan fingerprint density at radius 3 is 1.02 bits per heavy atom. The number of methoxy groups -OCH3 is 2. The number of rotatable bonds is 25. The Kier molecular flexibility index (Phi) is 31.0. The van der Waals surface area contributed by atoms with Crippen LogP contribution in [0.25, 0.3) is 50.7 Å². The first-order valence-electron chi connectivity index (χ1n) is 43.1. The molecule has 0 bridgehead atoms. The van der Waals surface area contributed by atoms with Crippen molar-refractivity contribution in [1.29, 1.82) is 0 Å². The minimum Gasteiger partial charge on any atom is -0.453 e. The van der Waals surface area contributed by atoms with Crippen LogP contribution < -0.4 is 36.4 Å². The number of pyridine rings is 3. The van der Waals surface area contributed by atoms with Gasteiger partial charge >= 0.3 is 30.7 Å². The number of hydrogen-bond donors (Lipinski definition) is 4. The number of alkyl halides is 9. The molecule has 15 rings (SSSR count). The number of nitrogens with one attached hydrogen (secondary N) is 3. The molecule has 6 aliphatic heterocycles. The van der Waals surface area contributed by atoms with E-state index in [1.165, 1.54) is 12.2 Å². The number of piperazine rings is 3. The van der Waals surface area contributed by atoms with Crippen molar-refractivity contribution in [2.24, 2.45) is 0 Å². The smallest absolute Gasteiger partial charge is 0.417 e. The Hall–Kier alpha value is -13.3. The second-order valence-corrected chi connectivity index (χ2v) is 32.3. The Morgan fingerprint density at radius 1 is 0.405 bits per heavy atom. The highest BCUT2D eigenvalue weighted by atomic mass is 19.4. The van der Waals surface area contributed by atoms with Gasteiger partial charge < -0.3 is 49.9 Å². The van der Waals surface area contributed by atoms with E-state index in [2.05, 4.69) is 120 Å². The van der Waals surface area contributed by atoms with Crippen LogP contribution in [-0.2, 0) is 76.4 Å². The van der Waals surface area contributed by atoms with Gasteiger partial charge in [-0.25, -0.2) is 53.0 Å². The van der Waals surface area contributed by atoms with E-state index in [9.17, 15) is 77.9 Å². The minimum atomic E-state index is -4.78. The summed E-state index contributed by atoms with van der Waals surface area (Å²) < 4.78 is 141. The van der Waals surface area contributed by atoms with Gasteiger partial charge in [0.2, 0.25) is 23.6 Å². The minimum absolute atomic E-state index is 0.0428. The molecular weight excluding hydrogens is 1730 g/mol. The number of ketones is 2. The molecule has 6 fully saturated rings. The number of fused-ring (bicyclic) bond motifs is 3. The number of carbonyl (C=O) groups is 8. The van der Waals surface area contributed by atoms with Gasteiger partial charge in [-0.15, -0.1) is 15.3 Å². The highest BCUT2D eigenvalue weighted by Gasteiger charge is 2.40. The second-order valence-electron chi connectivity index (χ2n) is 32.3. The number of allylic oxidation sites excluding steroid dienone is 2. The van der Waals surface area contributed by atoms with Crippen LogP contribution in [0.1, 0.15) is 117 Å². The molecule has 9 aromatic heterocycles. The van der Waals surface area contributed by atoms with Gasteiger partial charge in [-0.05, 0) is 129 Å². The number of carbonyl (C=O) groups excluding carboxylic acids is 8. The van der Waals surface area contributed by atoms with E-state index in [1.807, 2.05) is 24.4 Å². The van der Waals surface area contributed by atoms with Crippen LogP contribution in [0.3, 0.4) is 0 Å². The molecule has 6 amide bonds. The number of nitrogen functional groups attached to an aromatic ring is 1. The molecule has 15 heterocycles. The van der Waals surface area contributed by atoms with Crippen molar-refractivity contribution in [2.45, 2.75) is 122 Å². The number of aromatic nitrogens is 12. The number of ether oxygens (including phenoxy) is 2. The zero-order chi connectivity index (χ0) is 93.4. The molecule has 698 valence electrons. The number of amides is 6. The van der Waals surface area contributed by atoms with Gasteiger partial charge in [0, 0.05) is 200 Å². The predicted molar refractivity (Wildman–Crippen MR) is 466 cm³/mol. The first-order valence-corrected chi connectivity index (χ1v) is 43.1. The van der Waals surface area contributed by atoms with Crippen LogP contribution >= 0.6 is 0 Å². The molecule has 35 nitrogen and oxygen atoms in total. The third-order valence-corrected chi connectivity index (χ3v) is 23.3. The number of hydrogen-bond acceptors (Lipinski definition) is 26. The lowest BCUT2D eigenvalue weighted by Crippen LogP contribution is -2.50. The molecule has 0 aliphatic carbocycles. The summed E-state index contributed by atoms with van der Waals surface area (Å²) in [4.78, 5) is 139. The first kappa shape index (κ1) is 95.3. The molecule has 131 heavy (non-hydrogen) atoms. The Morgan fingerprint density at radius 2 is 0.718 bits per heavy atom. The van der Waals surface area contributed by atoms with Gasteiger partial charge in [0.05, 0.1) is 54.1 Å². The summed E-state index contributed by atoms with van der Waals surface area (Å²) in [6.45, 7) is 23.2. The molecule has 0 aromatic carbocycles. The number of piperidine rings is 3. The fraction of sp³-hybridized carbons (Fsp3) is 0.460. The van der Waals surface area contributed by atoms with E-state index in [0.29, 0.717) is 153 Å². The van der Waals surface area contributed by atoms with Gasteiger partial charge in [0.15, 0.2) is 46.5 Å². The molecule has 0 unspecified atom stereocenters. The number of anilines is 6. The maximum Gasteiger partial charge on any atom is 0.417 e. The molecule has 0 atom stereocenters. The van der Waals surface area contributed by atoms with Crippen molar-refractivity contribution in [3.05, 3.63) is 145 Å². The monoisotopic (exact) mass is 1830 g/mol. The van der Waals surface area contributed by atoms with Gasteiger partial charge in [-0.2, -0.15) is 39.5 Å². The van der Waals surface area contributed by atoms with Gasteiger partial charge in [0.25, 0.3) is 0 Å². The van der Waals surface area contributed by atoms with Crippen LogP contribution in [0.2, 0.25) is 0 Å². The molecular formula is C87H102F9N25O10. The van der Waals surface area contributed by atoms with Crippen LogP contribution in [0.5, 0.6) is 0 Å². The largest absolute Gasteiger partial charge is 0.453 e. The van der Waals surface area contributed by atoms with Crippen LogP contribution in [0.15, 0.2) is 112 Å². The number of nitrogens with two attached hydrogens (primary N) is 1. The summed E-state index contributed by atoms with van der Waals surface area (Å²) in [7, 11) is 2.20. The Labute approximate surface area is 746 Å². The van der Waals surface area contributed by atoms with Crippen LogP contribution in [-0.4, -0.2) is 274 Å². The van der Waals surface area contributed by atoms with E-state index in [1.54, 1.807) is 40.6 Å². The fourth-order valence-electron chi connectivity index (χ4n) is 16.4. The number of halogens is 9. The molecule has 44 heteroatoms. The zero-order valence-corrected chi connectivity index (χ0v) is 72.5. The van der Waals surface area contributed by atoms with Crippen molar-refractivity contribution in [2.75, 3.05) is 170 Å². The Bertz CT molecular complexity index is 5450. The van der Waals surface area contributed by atoms with Gasteiger partial charge in [-0.3, -0.25) is 54.1 Å². The van der Waals surface area contributed by atoms with Crippen molar-refractivity contribution >= 4 is 98.8 Å². The topological polar surface area (TPSA) is 376 Å². The highest BCUT2D eigenvalue weighted by Crippen LogP contribution is 2.42. The third-order valence-electron chi connectivity index (χ3n) is 23.3. The molecule has 0 saturated carbocycles. The molecule has 0 spiro atoms. The Balaban J connectivity index is 0.000000167. The molecule has 5 N–H and O–H groups in total. The molecule has 0 radical (unpaired) electrons. The predicted octanol–water partition coefficient (Wildman–Crippen LogP) is 10.6. The third kappa shape index (κ3) is 24.4. The summed E-state index contributed by atoms with van der Waals surface area (Å²) in [6.07, 6.45) is 5.52. The fourth-order valence-corrected chi connectivity index (χ4v) is 16.4. The summed E-state index contributed by atoms with van der Waals surface area (Å²) >= 11 is 0. The quantitative estimate of drug-likeness (QED) is 0.0305. The number of nitrogens with zero attached hydrogens (tertiary/aromatic N) is 21. The van der Waals surface area contributed by atoms with E-state index >= 15 is 0 Å². The first-order chi connectivity index (χ1) is 62.7. The summed E-state index contributed by atoms with van der Waals surface area (Å²) in [5.41, 5.74) is 6.53. The molecule has 6 aliphatic rings. The van der Waals surface area contributed by atoms with E-state index in [0.717, 1.165) is 150 Å². The molecule has 6 saturated heterocycles. The van der Waals surface area contributed by atoms with Crippen molar-refractivity contribution < 1.29 is 87.3 Å².